The quantitative estimate of drug-likeness (QED) is 0.878. The fourth-order valence-corrected chi connectivity index (χ4v) is 4.11. The van der Waals surface area contributed by atoms with Crippen LogP contribution in [0.25, 0.3) is 0 Å². The Labute approximate surface area is 124 Å². The van der Waals surface area contributed by atoms with Gasteiger partial charge in [0.05, 0.1) is 17.2 Å². The van der Waals surface area contributed by atoms with E-state index in [2.05, 4.69) is 20.7 Å². The molecule has 7 heteroatoms. The van der Waals surface area contributed by atoms with Gasteiger partial charge in [0.2, 0.25) is 0 Å². The summed E-state index contributed by atoms with van der Waals surface area (Å²) in [6.07, 6.45) is 0. The Hall–Kier alpha value is -0.890. The van der Waals surface area contributed by atoms with Gasteiger partial charge in [-0.2, -0.15) is 0 Å². The fraction of sp³-hybridized carbons (Fsp3) is 0.167. The molecule has 2 N–H and O–H groups in total. The lowest BCUT2D eigenvalue weighted by Crippen LogP contribution is -2.13. The average molecular weight is 362 g/mol. The third-order valence-electron chi connectivity index (χ3n) is 2.54. The molecule has 0 fully saturated rings. The van der Waals surface area contributed by atoms with Gasteiger partial charge in [0.1, 0.15) is 0 Å². The van der Waals surface area contributed by atoms with E-state index in [0.717, 1.165) is 10.0 Å². The van der Waals surface area contributed by atoms with Gasteiger partial charge in [-0.15, -0.1) is 11.3 Å². The van der Waals surface area contributed by atoms with E-state index in [0.29, 0.717) is 10.6 Å². The summed E-state index contributed by atoms with van der Waals surface area (Å²) in [6, 6.07) is 6.86. The minimum absolute atomic E-state index is 0.157. The van der Waals surface area contributed by atoms with E-state index in [1.54, 1.807) is 6.07 Å². The number of benzene rings is 1. The SMILES string of the molecule is Cc1ccc(Br)cc1NS(=O)(=O)c1csc(CO)c1. The maximum atomic E-state index is 12.2. The van der Waals surface area contributed by atoms with E-state index < -0.39 is 10.0 Å². The van der Waals surface area contributed by atoms with E-state index >= 15 is 0 Å². The van der Waals surface area contributed by atoms with Crippen molar-refractivity contribution in [3.63, 3.8) is 0 Å². The molecular weight excluding hydrogens is 350 g/mol. The molecule has 0 bridgehead atoms. The van der Waals surface area contributed by atoms with Gasteiger partial charge in [-0.05, 0) is 30.7 Å². The third-order valence-corrected chi connectivity index (χ3v) is 5.45. The Bertz CT molecular complexity index is 695. The fourth-order valence-electron chi connectivity index (χ4n) is 1.49. The van der Waals surface area contributed by atoms with Crippen molar-refractivity contribution in [3.05, 3.63) is 44.6 Å². The highest BCUT2D eigenvalue weighted by atomic mass is 79.9. The molecule has 0 radical (unpaired) electrons. The lowest BCUT2D eigenvalue weighted by atomic mass is 10.2. The summed E-state index contributed by atoms with van der Waals surface area (Å²) in [5, 5.41) is 10.5. The lowest BCUT2D eigenvalue weighted by Gasteiger charge is -2.09. The number of aliphatic hydroxyl groups excluding tert-OH is 1. The van der Waals surface area contributed by atoms with E-state index in [9.17, 15) is 8.42 Å². The Balaban J connectivity index is 2.33. The van der Waals surface area contributed by atoms with Gasteiger partial charge in [0.25, 0.3) is 10.0 Å². The van der Waals surface area contributed by atoms with Crippen LogP contribution in [0.4, 0.5) is 5.69 Å². The van der Waals surface area contributed by atoms with Crippen molar-refractivity contribution in [2.24, 2.45) is 0 Å². The van der Waals surface area contributed by atoms with Crippen molar-refractivity contribution < 1.29 is 13.5 Å². The second-order valence-electron chi connectivity index (χ2n) is 3.97. The predicted octanol–water partition coefficient (Wildman–Crippen LogP) is 3.11. The smallest absolute Gasteiger partial charge is 0.262 e. The number of sulfonamides is 1. The number of aryl methyl sites for hydroxylation is 1. The van der Waals surface area contributed by atoms with Gasteiger partial charge in [0.15, 0.2) is 0 Å². The van der Waals surface area contributed by atoms with Gasteiger partial charge in [-0.3, -0.25) is 4.72 Å². The third kappa shape index (κ3) is 3.36. The topological polar surface area (TPSA) is 66.4 Å². The first kappa shape index (κ1) is 14.5. The van der Waals surface area contributed by atoms with Crippen LogP contribution in [-0.2, 0) is 16.6 Å². The number of hydrogen-bond donors (Lipinski definition) is 2. The van der Waals surface area contributed by atoms with Crippen LogP contribution in [0.1, 0.15) is 10.4 Å². The minimum Gasteiger partial charge on any atom is -0.391 e. The van der Waals surface area contributed by atoms with E-state index in [1.807, 2.05) is 19.1 Å². The van der Waals surface area contributed by atoms with Crippen LogP contribution < -0.4 is 4.72 Å². The van der Waals surface area contributed by atoms with Crippen molar-refractivity contribution in [2.45, 2.75) is 18.4 Å². The number of nitrogens with one attached hydrogen (secondary N) is 1. The highest BCUT2D eigenvalue weighted by molar-refractivity contribution is 9.10. The Morgan fingerprint density at radius 2 is 2.11 bits per heavy atom. The molecule has 0 spiro atoms. The van der Waals surface area contributed by atoms with Crippen LogP contribution in [0.15, 0.2) is 39.0 Å². The maximum absolute atomic E-state index is 12.2. The number of hydrogen-bond acceptors (Lipinski definition) is 4. The second kappa shape index (κ2) is 5.62. The van der Waals surface area contributed by atoms with Crippen LogP contribution in [0.2, 0.25) is 0 Å². The molecule has 102 valence electrons. The summed E-state index contributed by atoms with van der Waals surface area (Å²) < 4.78 is 27.7. The van der Waals surface area contributed by atoms with Crippen LogP contribution in [0, 0.1) is 6.92 Å². The van der Waals surface area contributed by atoms with E-state index in [4.69, 9.17) is 5.11 Å². The molecule has 0 saturated carbocycles. The number of halogens is 1. The molecule has 0 aliphatic carbocycles. The predicted molar refractivity (Wildman–Crippen MR) is 79.9 cm³/mol. The van der Waals surface area contributed by atoms with Crippen molar-refractivity contribution in [2.75, 3.05) is 4.72 Å². The first-order chi connectivity index (χ1) is 8.92. The zero-order chi connectivity index (χ0) is 14.0. The van der Waals surface area contributed by atoms with Gasteiger partial charge in [-0.25, -0.2) is 8.42 Å². The minimum atomic E-state index is -3.61. The number of anilines is 1. The summed E-state index contributed by atoms with van der Waals surface area (Å²) in [7, 11) is -3.61. The van der Waals surface area contributed by atoms with Crippen LogP contribution in [0.3, 0.4) is 0 Å². The van der Waals surface area contributed by atoms with Gasteiger partial charge in [-0.1, -0.05) is 22.0 Å². The molecule has 4 nitrogen and oxygen atoms in total. The molecule has 0 unspecified atom stereocenters. The standard InChI is InChI=1S/C12H12BrNO3S2/c1-8-2-3-9(13)4-12(8)14-19(16,17)11-5-10(6-15)18-7-11/h2-5,7,14-15H,6H2,1H3. The van der Waals surface area contributed by atoms with Crippen molar-refractivity contribution in [3.8, 4) is 0 Å². The summed E-state index contributed by atoms with van der Waals surface area (Å²) in [6.45, 7) is 1.67. The number of rotatable bonds is 4. The molecular formula is C12H12BrNO3S2. The summed E-state index contributed by atoms with van der Waals surface area (Å²) in [5.74, 6) is 0. The van der Waals surface area contributed by atoms with Gasteiger partial charge in [0, 0.05) is 14.7 Å². The van der Waals surface area contributed by atoms with Crippen molar-refractivity contribution in [1.29, 1.82) is 0 Å². The monoisotopic (exact) mass is 361 g/mol. The molecule has 1 heterocycles. The molecule has 1 aromatic heterocycles. The summed E-state index contributed by atoms with van der Waals surface area (Å²) in [5.41, 5.74) is 1.37. The Kier molecular flexibility index (Phi) is 4.29. The van der Waals surface area contributed by atoms with Crippen molar-refractivity contribution >= 4 is 43.0 Å². The largest absolute Gasteiger partial charge is 0.391 e. The molecule has 2 aromatic rings. The Morgan fingerprint density at radius 1 is 1.37 bits per heavy atom. The molecule has 1 aromatic carbocycles. The maximum Gasteiger partial charge on any atom is 0.262 e. The zero-order valence-corrected chi connectivity index (χ0v) is 13.3. The van der Waals surface area contributed by atoms with Crippen LogP contribution in [-0.4, -0.2) is 13.5 Å². The first-order valence-corrected chi connectivity index (χ1v) is 8.55. The summed E-state index contributed by atoms with van der Waals surface area (Å²) in [4.78, 5) is 0.785. The van der Waals surface area contributed by atoms with Crippen molar-refractivity contribution in [1.82, 2.24) is 0 Å². The second-order valence-corrected chi connectivity index (χ2v) is 7.57. The molecule has 0 atom stereocenters. The van der Waals surface area contributed by atoms with Gasteiger partial charge < -0.3 is 5.11 Å². The van der Waals surface area contributed by atoms with Crippen LogP contribution in [0.5, 0.6) is 0 Å². The summed E-state index contributed by atoms with van der Waals surface area (Å²) >= 11 is 4.53. The van der Waals surface area contributed by atoms with Crippen LogP contribution >= 0.6 is 27.3 Å². The molecule has 0 saturated heterocycles. The zero-order valence-electron chi connectivity index (χ0n) is 10.1. The van der Waals surface area contributed by atoms with Gasteiger partial charge >= 0.3 is 0 Å². The molecule has 0 aliphatic heterocycles. The molecule has 0 aliphatic rings. The first-order valence-electron chi connectivity index (χ1n) is 5.39. The normalized spacial score (nSPS) is 11.5. The lowest BCUT2D eigenvalue weighted by molar-refractivity contribution is 0.285. The number of aliphatic hydroxyl groups is 1. The Morgan fingerprint density at radius 3 is 2.74 bits per heavy atom. The molecule has 0 amide bonds. The highest BCUT2D eigenvalue weighted by Gasteiger charge is 2.17. The number of thiophene rings is 1. The van der Waals surface area contributed by atoms with E-state index in [-0.39, 0.29) is 11.5 Å². The highest BCUT2D eigenvalue weighted by Crippen LogP contribution is 2.25. The average Bonchev–Trinajstić information content (AvgIpc) is 2.83. The molecule has 2 rings (SSSR count). The van der Waals surface area contributed by atoms with E-state index in [1.165, 1.54) is 22.8 Å². The molecule has 19 heavy (non-hydrogen) atoms.